The van der Waals surface area contributed by atoms with Crippen molar-refractivity contribution in [3.8, 4) is 0 Å². The number of rotatable bonds is 5. The van der Waals surface area contributed by atoms with E-state index in [1.54, 1.807) is 0 Å². The molecule has 22 heavy (non-hydrogen) atoms. The third-order valence-corrected chi connectivity index (χ3v) is 4.65. The lowest BCUT2D eigenvalue weighted by atomic mass is 10.0. The van der Waals surface area contributed by atoms with Crippen molar-refractivity contribution in [2.24, 2.45) is 5.92 Å². The number of nitrogens with zero attached hydrogens (tertiary/aromatic N) is 2. The third kappa shape index (κ3) is 3.30. The van der Waals surface area contributed by atoms with Crippen LogP contribution < -0.4 is 5.32 Å². The van der Waals surface area contributed by atoms with Crippen molar-refractivity contribution in [2.75, 3.05) is 18.4 Å². The molecule has 1 fully saturated rings. The van der Waals surface area contributed by atoms with E-state index in [2.05, 4.69) is 52.7 Å². The molecule has 2 heterocycles. The van der Waals surface area contributed by atoms with Crippen LogP contribution in [0.1, 0.15) is 29.7 Å². The number of nitrogens with one attached hydrogen (secondary N) is 1. The normalized spacial score (nSPS) is 18.0. The molecule has 1 N–H and O–H groups in total. The molecular weight excluding hydrogens is 270 g/mol. The van der Waals surface area contributed by atoms with Crippen molar-refractivity contribution in [1.29, 1.82) is 0 Å². The quantitative estimate of drug-likeness (QED) is 0.915. The van der Waals surface area contributed by atoms with E-state index in [4.69, 9.17) is 4.98 Å². The lowest BCUT2D eigenvalue weighted by Gasteiger charge is -2.28. The first-order valence-corrected chi connectivity index (χ1v) is 8.36. The minimum absolute atomic E-state index is 0.888. The standard InChI is InChI=1S/C19H23N3/c1-2-4-16(5-3-1)13-22-11-10-18-17(14-22)8-9-19(21-18)20-12-15-6-7-15/h1-5,8-9,15H,6-7,10-14H2,(H,20,21). The maximum atomic E-state index is 4.82. The summed E-state index contributed by atoms with van der Waals surface area (Å²) in [7, 11) is 0. The maximum Gasteiger partial charge on any atom is 0.126 e. The zero-order chi connectivity index (χ0) is 14.8. The largest absolute Gasteiger partial charge is 0.370 e. The van der Waals surface area contributed by atoms with Crippen LogP contribution in [0, 0.1) is 5.92 Å². The monoisotopic (exact) mass is 293 g/mol. The summed E-state index contributed by atoms with van der Waals surface area (Å²) in [6.07, 6.45) is 3.82. The molecule has 2 aliphatic rings. The van der Waals surface area contributed by atoms with Crippen LogP contribution in [0.2, 0.25) is 0 Å². The molecule has 2 aromatic rings. The van der Waals surface area contributed by atoms with Crippen molar-refractivity contribution >= 4 is 5.82 Å². The Morgan fingerprint density at radius 3 is 2.77 bits per heavy atom. The summed E-state index contributed by atoms with van der Waals surface area (Å²) in [5.74, 6) is 1.95. The fourth-order valence-corrected chi connectivity index (χ4v) is 3.12. The number of benzene rings is 1. The van der Waals surface area contributed by atoms with E-state index in [-0.39, 0.29) is 0 Å². The molecular formula is C19H23N3. The molecule has 4 rings (SSSR count). The Balaban J connectivity index is 1.40. The fraction of sp³-hybridized carbons (Fsp3) is 0.421. The highest BCUT2D eigenvalue weighted by Crippen LogP contribution is 2.29. The average Bonchev–Trinajstić information content (AvgIpc) is 3.38. The van der Waals surface area contributed by atoms with Crippen LogP contribution >= 0.6 is 0 Å². The van der Waals surface area contributed by atoms with Gasteiger partial charge >= 0.3 is 0 Å². The second-order valence-corrected chi connectivity index (χ2v) is 6.57. The maximum absolute atomic E-state index is 4.82. The first-order valence-electron chi connectivity index (χ1n) is 8.36. The zero-order valence-corrected chi connectivity index (χ0v) is 13.0. The van der Waals surface area contributed by atoms with E-state index < -0.39 is 0 Å². The van der Waals surface area contributed by atoms with Crippen LogP contribution in [0.5, 0.6) is 0 Å². The predicted octanol–water partition coefficient (Wildman–Crippen LogP) is 3.46. The van der Waals surface area contributed by atoms with E-state index in [0.717, 1.165) is 44.3 Å². The van der Waals surface area contributed by atoms with E-state index in [9.17, 15) is 0 Å². The van der Waals surface area contributed by atoms with Gasteiger partial charge in [-0.1, -0.05) is 36.4 Å². The number of hydrogen-bond acceptors (Lipinski definition) is 3. The van der Waals surface area contributed by atoms with Crippen molar-refractivity contribution in [3.05, 3.63) is 59.3 Å². The topological polar surface area (TPSA) is 28.2 Å². The van der Waals surface area contributed by atoms with Crippen molar-refractivity contribution in [2.45, 2.75) is 32.4 Å². The summed E-state index contributed by atoms with van der Waals surface area (Å²) in [6, 6.07) is 15.1. The van der Waals surface area contributed by atoms with Gasteiger partial charge in [0.25, 0.3) is 0 Å². The molecule has 0 saturated heterocycles. The summed E-state index contributed by atoms with van der Waals surface area (Å²) < 4.78 is 0. The Morgan fingerprint density at radius 2 is 1.95 bits per heavy atom. The van der Waals surface area contributed by atoms with Gasteiger partial charge in [-0.25, -0.2) is 4.98 Å². The van der Waals surface area contributed by atoms with Gasteiger partial charge in [-0.15, -0.1) is 0 Å². The Bertz CT molecular complexity index is 634. The second-order valence-electron chi connectivity index (χ2n) is 6.57. The van der Waals surface area contributed by atoms with Crippen molar-refractivity contribution < 1.29 is 0 Å². The SMILES string of the molecule is c1ccc(CN2CCc3nc(NCC4CC4)ccc3C2)cc1. The van der Waals surface area contributed by atoms with E-state index in [0.29, 0.717) is 0 Å². The Kier molecular flexibility index (Phi) is 3.81. The molecule has 0 bridgehead atoms. The van der Waals surface area contributed by atoms with Gasteiger partial charge in [0, 0.05) is 38.3 Å². The number of anilines is 1. The molecule has 0 amide bonds. The highest BCUT2D eigenvalue weighted by molar-refractivity contribution is 5.40. The van der Waals surface area contributed by atoms with Gasteiger partial charge in [0.2, 0.25) is 0 Å². The number of aromatic nitrogens is 1. The van der Waals surface area contributed by atoms with Crippen molar-refractivity contribution in [3.63, 3.8) is 0 Å². The van der Waals surface area contributed by atoms with Gasteiger partial charge in [-0.2, -0.15) is 0 Å². The van der Waals surface area contributed by atoms with Crippen LogP contribution in [0.15, 0.2) is 42.5 Å². The highest BCUT2D eigenvalue weighted by atomic mass is 15.1. The van der Waals surface area contributed by atoms with E-state index in [1.807, 2.05) is 0 Å². The average molecular weight is 293 g/mol. The van der Waals surface area contributed by atoms with Gasteiger partial charge in [0.1, 0.15) is 5.82 Å². The Hall–Kier alpha value is -1.87. The molecule has 0 unspecified atom stereocenters. The van der Waals surface area contributed by atoms with Gasteiger partial charge in [-0.05, 0) is 36.0 Å². The Labute approximate surface area is 132 Å². The lowest BCUT2D eigenvalue weighted by Crippen LogP contribution is -2.30. The van der Waals surface area contributed by atoms with Crippen molar-refractivity contribution in [1.82, 2.24) is 9.88 Å². The number of pyridine rings is 1. The minimum Gasteiger partial charge on any atom is -0.370 e. The van der Waals surface area contributed by atoms with Crippen LogP contribution in [0.4, 0.5) is 5.82 Å². The van der Waals surface area contributed by atoms with Crippen LogP contribution in [0.25, 0.3) is 0 Å². The third-order valence-electron chi connectivity index (χ3n) is 4.65. The highest BCUT2D eigenvalue weighted by Gasteiger charge is 2.21. The number of hydrogen-bond donors (Lipinski definition) is 1. The van der Waals surface area contributed by atoms with Gasteiger partial charge in [-0.3, -0.25) is 4.90 Å². The number of fused-ring (bicyclic) bond motifs is 1. The molecule has 3 nitrogen and oxygen atoms in total. The fourth-order valence-electron chi connectivity index (χ4n) is 3.12. The van der Waals surface area contributed by atoms with E-state index >= 15 is 0 Å². The molecule has 0 spiro atoms. The molecule has 0 radical (unpaired) electrons. The lowest BCUT2D eigenvalue weighted by molar-refractivity contribution is 0.243. The van der Waals surface area contributed by atoms with Crippen LogP contribution in [-0.4, -0.2) is 23.0 Å². The second kappa shape index (κ2) is 6.09. The predicted molar refractivity (Wildman–Crippen MR) is 89.7 cm³/mol. The van der Waals surface area contributed by atoms with Gasteiger partial charge < -0.3 is 5.32 Å². The van der Waals surface area contributed by atoms with Gasteiger partial charge in [0.05, 0.1) is 0 Å². The van der Waals surface area contributed by atoms with E-state index in [1.165, 1.54) is 29.7 Å². The van der Waals surface area contributed by atoms with Gasteiger partial charge in [0.15, 0.2) is 0 Å². The Morgan fingerprint density at radius 1 is 1.09 bits per heavy atom. The smallest absolute Gasteiger partial charge is 0.126 e. The molecule has 1 aromatic carbocycles. The summed E-state index contributed by atoms with van der Waals surface area (Å²) >= 11 is 0. The summed E-state index contributed by atoms with van der Waals surface area (Å²) in [5, 5.41) is 3.48. The molecule has 114 valence electrons. The molecule has 0 atom stereocenters. The zero-order valence-electron chi connectivity index (χ0n) is 13.0. The molecule has 1 aliphatic heterocycles. The minimum atomic E-state index is 0.888. The molecule has 3 heteroatoms. The first kappa shape index (κ1) is 13.8. The summed E-state index contributed by atoms with van der Waals surface area (Å²) in [4.78, 5) is 7.33. The summed E-state index contributed by atoms with van der Waals surface area (Å²) in [5.41, 5.74) is 4.06. The molecule has 1 aromatic heterocycles. The molecule has 1 saturated carbocycles. The molecule has 1 aliphatic carbocycles. The van der Waals surface area contributed by atoms with Crippen LogP contribution in [-0.2, 0) is 19.5 Å². The van der Waals surface area contributed by atoms with Crippen LogP contribution in [0.3, 0.4) is 0 Å². The first-order chi connectivity index (χ1) is 10.9. The summed E-state index contributed by atoms with van der Waals surface area (Å²) in [6.45, 7) is 4.23.